The molecule has 0 atom stereocenters. The summed E-state index contributed by atoms with van der Waals surface area (Å²) in [5.74, 6) is -0.127. The minimum atomic E-state index is -0.640. The van der Waals surface area contributed by atoms with Gasteiger partial charge in [0.05, 0.1) is 5.52 Å². The molecular formula is C24H29IN6O4. The highest BCUT2D eigenvalue weighted by Gasteiger charge is 2.19. The van der Waals surface area contributed by atoms with Crippen LogP contribution < -0.4 is 11.1 Å². The third-order valence-electron chi connectivity index (χ3n) is 4.98. The average molecular weight is 592 g/mol. The van der Waals surface area contributed by atoms with Crippen LogP contribution in [-0.4, -0.2) is 56.8 Å². The zero-order chi connectivity index (χ0) is 25.8. The van der Waals surface area contributed by atoms with E-state index in [-0.39, 0.29) is 18.0 Å². The molecule has 0 saturated carbocycles. The summed E-state index contributed by atoms with van der Waals surface area (Å²) >= 11 is 2.18. The van der Waals surface area contributed by atoms with Gasteiger partial charge in [-0.15, -0.1) is 0 Å². The Morgan fingerprint density at radius 3 is 2.60 bits per heavy atom. The van der Waals surface area contributed by atoms with E-state index in [1.54, 1.807) is 43.6 Å². The van der Waals surface area contributed by atoms with E-state index in [0.717, 1.165) is 9.13 Å². The molecule has 1 aromatic carbocycles. The van der Waals surface area contributed by atoms with E-state index in [4.69, 9.17) is 10.5 Å². The highest BCUT2D eigenvalue weighted by atomic mass is 127. The minimum Gasteiger partial charge on any atom is -0.444 e. The fraction of sp³-hybridized carbons (Fsp3) is 0.375. The van der Waals surface area contributed by atoms with Crippen molar-refractivity contribution in [3.8, 4) is 5.82 Å². The first-order valence-electron chi connectivity index (χ1n) is 11.1. The van der Waals surface area contributed by atoms with Crippen molar-refractivity contribution in [2.75, 3.05) is 13.6 Å². The lowest BCUT2D eigenvalue weighted by molar-refractivity contribution is -0.130. The van der Waals surface area contributed by atoms with Crippen molar-refractivity contribution < 1.29 is 19.1 Å². The van der Waals surface area contributed by atoms with E-state index in [2.05, 4.69) is 38.0 Å². The second-order valence-electron chi connectivity index (χ2n) is 9.09. The number of carbonyl (C=O) groups excluding carboxylic acids is 3. The first kappa shape index (κ1) is 26.4. The van der Waals surface area contributed by atoms with Gasteiger partial charge in [0.15, 0.2) is 11.5 Å². The number of alkyl carbamates (subject to hydrolysis) is 1. The first-order chi connectivity index (χ1) is 16.4. The number of nitrogens with two attached hydrogens (primary N) is 1. The van der Waals surface area contributed by atoms with Crippen LogP contribution in [0.15, 0.2) is 36.5 Å². The highest BCUT2D eigenvalue weighted by molar-refractivity contribution is 14.1. The van der Waals surface area contributed by atoms with Gasteiger partial charge in [-0.1, -0.05) is 6.07 Å². The molecule has 186 valence electrons. The first-order valence-corrected chi connectivity index (χ1v) is 12.2. The molecular weight excluding hydrogens is 563 g/mol. The maximum Gasteiger partial charge on any atom is 0.407 e. The number of benzene rings is 1. The van der Waals surface area contributed by atoms with E-state index in [9.17, 15) is 14.4 Å². The van der Waals surface area contributed by atoms with Gasteiger partial charge in [-0.3, -0.25) is 9.59 Å². The van der Waals surface area contributed by atoms with Crippen LogP contribution in [0.1, 0.15) is 49.7 Å². The third kappa shape index (κ3) is 7.13. The van der Waals surface area contributed by atoms with Crippen LogP contribution in [0.4, 0.5) is 4.79 Å². The number of pyridine rings is 1. The van der Waals surface area contributed by atoms with E-state index in [0.29, 0.717) is 36.2 Å². The normalized spacial score (nSPS) is 11.3. The summed E-state index contributed by atoms with van der Waals surface area (Å²) in [6.45, 7) is 6.06. The molecule has 10 nitrogen and oxygen atoms in total. The Morgan fingerprint density at radius 2 is 1.94 bits per heavy atom. The van der Waals surface area contributed by atoms with E-state index in [1.807, 2.05) is 30.3 Å². The lowest BCUT2D eigenvalue weighted by atomic mass is 10.1. The predicted octanol–water partition coefficient (Wildman–Crippen LogP) is 3.39. The van der Waals surface area contributed by atoms with Gasteiger partial charge >= 0.3 is 6.09 Å². The Labute approximate surface area is 217 Å². The third-order valence-corrected chi connectivity index (χ3v) is 5.65. The van der Waals surface area contributed by atoms with Crippen molar-refractivity contribution in [3.63, 3.8) is 0 Å². The van der Waals surface area contributed by atoms with Gasteiger partial charge in [0, 0.05) is 41.7 Å². The molecule has 0 unspecified atom stereocenters. The molecule has 0 bridgehead atoms. The Hall–Kier alpha value is -3.22. The van der Waals surface area contributed by atoms with E-state index >= 15 is 0 Å². The number of nitrogens with one attached hydrogen (secondary N) is 1. The molecule has 3 rings (SSSR count). The summed E-state index contributed by atoms with van der Waals surface area (Å²) in [7, 11) is 1.71. The number of carbonyl (C=O) groups is 3. The molecule has 35 heavy (non-hydrogen) atoms. The van der Waals surface area contributed by atoms with Crippen LogP contribution in [-0.2, 0) is 16.1 Å². The molecule has 0 aliphatic rings. The van der Waals surface area contributed by atoms with E-state index in [1.165, 1.54) is 0 Å². The topological polar surface area (TPSA) is 132 Å². The number of nitrogens with zero attached hydrogens (tertiary/aromatic N) is 4. The van der Waals surface area contributed by atoms with Crippen LogP contribution in [0.25, 0.3) is 16.7 Å². The SMILES string of the molecule is CN(Cc1ccc2c(c1)c(C(N)=O)nn2-c1cc(I)ccn1)C(=O)CCCNC(=O)OC(C)(C)C. The van der Waals surface area contributed by atoms with Gasteiger partial charge in [0.25, 0.3) is 5.91 Å². The van der Waals surface area contributed by atoms with Crippen LogP contribution in [0.3, 0.4) is 0 Å². The molecule has 3 amide bonds. The van der Waals surface area contributed by atoms with Crippen LogP contribution >= 0.6 is 22.6 Å². The van der Waals surface area contributed by atoms with E-state index < -0.39 is 17.6 Å². The Balaban J connectivity index is 1.67. The van der Waals surface area contributed by atoms with Crippen molar-refractivity contribution in [1.29, 1.82) is 0 Å². The average Bonchev–Trinajstić information content (AvgIpc) is 3.14. The molecule has 0 spiro atoms. The largest absolute Gasteiger partial charge is 0.444 e. The maximum absolute atomic E-state index is 12.6. The van der Waals surface area contributed by atoms with Crippen molar-refractivity contribution in [1.82, 2.24) is 25.0 Å². The van der Waals surface area contributed by atoms with Crippen molar-refractivity contribution in [3.05, 3.63) is 51.4 Å². The Bertz CT molecular complexity index is 1250. The lowest BCUT2D eigenvalue weighted by Crippen LogP contribution is -2.33. The number of amides is 3. The number of hydrogen-bond donors (Lipinski definition) is 2. The summed E-state index contributed by atoms with van der Waals surface area (Å²) in [5, 5.41) is 7.64. The molecule has 0 aliphatic carbocycles. The summed E-state index contributed by atoms with van der Waals surface area (Å²) in [4.78, 5) is 42.3. The monoisotopic (exact) mass is 592 g/mol. The summed E-state index contributed by atoms with van der Waals surface area (Å²) in [6.07, 6.45) is 1.94. The lowest BCUT2D eigenvalue weighted by Gasteiger charge is -2.20. The fourth-order valence-electron chi connectivity index (χ4n) is 3.43. The van der Waals surface area contributed by atoms with Gasteiger partial charge in [-0.05, 0) is 79.6 Å². The van der Waals surface area contributed by atoms with Crippen molar-refractivity contribution in [2.45, 2.75) is 45.8 Å². The fourth-order valence-corrected chi connectivity index (χ4v) is 3.87. The number of halogens is 1. The second-order valence-corrected chi connectivity index (χ2v) is 10.3. The van der Waals surface area contributed by atoms with Gasteiger partial charge in [0.2, 0.25) is 5.91 Å². The Kier molecular flexibility index (Phi) is 8.30. The zero-order valence-corrected chi connectivity index (χ0v) is 22.3. The van der Waals surface area contributed by atoms with Gasteiger partial charge in [-0.2, -0.15) is 5.10 Å². The molecule has 11 heteroatoms. The summed E-state index contributed by atoms with van der Waals surface area (Å²) in [5.41, 5.74) is 6.68. The van der Waals surface area contributed by atoms with Crippen LogP contribution in [0, 0.1) is 3.57 Å². The maximum atomic E-state index is 12.6. The molecule has 0 radical (unpaired) electrons. The molecule has 0 aliphatic heterocycles. The molecule has 0 fully saturated rings. The van der Waals surface area contributed by atoms with Gasteiger partial charge in [-0.25, -0.2) is 14.5 Å². The molecule has 3 N–H and O–H groups in total. The number of aromatic nitrogens is 3. The highest BCUT2D eigenvalue weighted by Crippen LogP contribution is 2.24. The zero-order valence-electron chi connectivity index (χ0n) is 20.2. The Morgan fingerprint density at radius 1 is 1.20 bits per heavy atom. The minimum absolute atomic E-state index is 0.0648. The number of ether oxygens (including phenoxy) is 1. The number of primary amides is 1. The molecule has 2 heterocycles. The molecule has 2 aromatic heterocycles. The smallest absolute Gasteiger partial charge is 0.407 e. The van der Waals surface area contributed by atoms with Crippen LogP contribution in [0.5, 0.6) is 0 Å². The molecule has 3 aromatic rings. The van der Waals surface area contributed by atoms with Crippen LogP contribution in [0.2, 0.25) is 0 Å². The van der Waals surface area contributed by atoms with Crippen molar-refractivity contribution in [2.24, 2.45) is 5.73 Å². The molecule has 0 saturated heterocycles. The summed E-state index contributed by atoms with van der Waals surface area (Å²) in [6, 6.07) is 9.27. The number of fused-ring (bicyclic) bond motifs is 1. The van der Waals surface area contributed by atoms with Gasteiger partial charge in [0.1, 0.15) is 5.60 Å². The number of rotatable bonds is 8. The summed E-state index contributed by atoms with van der Waals surface area (Å²) < 4.78 is 7.75. The second kappa shape index (κ2) is 11.0. The quantitative estimate of drug-likeness (QED) is 0.305. The van der Waals surface area contributed by atoms with Crippen molar-refractivity contribution >= 4 is 51.4 Å². The standard InChI is InChI=1S/C24H29IN6O4/c1-24(2,3)35-23(34)28-10-5-6-20(32)30(4)14-15-7-8-18-17(12-15)21(22(26)33)29-31(18)19-13-16(25)9-11-27-19/h7-9,11-13H,5-6,10,14H2,1-4H3,(H2,26,33)(H,28,34). The predicted molar refractivity (Wildman–Crippen MR) is 140 cm³/mol. The number of hydrogen-bond acceptors (Lipinski definition) is 6. The van der Waals surface area contributed by atoms with Gasteiger partial charge < -0.3 is 20.7 Å².